The van der Waals surface area contributed by atoms with Crippen LogP contribution in [0.25, 0.3) is 0 Å². The first-order valence-electron chi connectivity index (χ1n) is 6.06. The average molecular weight is 255 g/mol. The molecule has 0 aromatic heterocycles. The van der Waals surface area contributed by atoms with Crippen molar-refractivity contribution in [2.75, 3.05) is 25.4 Å². The fourth-order valence-electron chi connectivity index (χ4n) is 2.41. The molecule has 94 valence electrons. The fraction of sp³-hybridized carbons (Fsp3) is 0.538. The molecule has 0 saturated carbocycles. The topological polar surface area (TPSA) is 49.5 Å². The first kappa shape index (κ1) is 12.7. The van der Waals surface area contributed by atoms with Crippen LogP contribution in [0.3, 0.4) is 0 Å². The van der Waals surface area contributed by atoms with Gasteiger partial charge in [-0.15, -0.1) is 0 Å². The average Bonchev–Trinajstić information content (AvgIpc) is 2.34. The van der Waals surface area contributed by atoms with Crippen molar-refractivity contribution >= 4 is 17.3 Å². The molecule has 4 heteroatoms. The van der Waals surface area contributed by atoms with Crippen molar-refractivity contribution in [3.05, 3.63) is 28.8 Å². The van der Waals surface area contributed by atoms with Crippen molar-refractivity contribution in [2.24, 2.45) is 5.92 Å². The highest BCUT2D eigenvalue weighted by Gasteiger charge is 2.20. The third-order valence-corrected chi connectivity index (χ3v) is 3.75. The lowest BCUT2D eigenvalue weighted by molar-refractivity contribution is 0.116. The standard InChI is InChI=1S/C13H19ClN2O/c14-12-4-1-5-13(15)11(12)8-16-6-2-3-10(7-16)9-17/h1,4-5,10,17H,2-3,6-9,15H2. The van der Waals surface area contributed by atoms with Crippen molar-refractivity contribution in [3.8, 4) is 0 Å². The molecule has 1 aliphatic heterocycles. The van der Waals surface area contributed by atoms with Gasteiger partial charge in [0.05, 0.1) is 0 Å². The zero-order chi connectivity index (χ0) is 12.3. The Bertz CT molecular complexity index is 363. The second kappa shape index (κ2) is 5.71. The van der Waals surface area contributed by atoms with E-state index in [4.69, 9.17) is 17.3 Å². The number of anilines is 1. The largest absolute Gasteiger partial charge is 0.398 e. The molecular formula is C13H19ClN2O. The maximum absolute atomic E-state index is 9.21. The Morgan fingerprint density at radius 1 is 1.47 bits per heavy atom. The molecule has 1 heterocycles. The van der Waals surface area contributed by atoms with Crippen molar-refractivity contribution in [1.29, 1.82) is 0 Å². The molecule has 0 radical (unpaired) electrons. The quantitative estimate of drug-likeness (QED) is 0.813. The van der Waals surface area contributed by atoms with Gasteiger partial charge in [0.1, 0.15) is 0 Å². The smallest absolute Gasteiger partial charge is 0.0471 e. The monoisotopic (exact) mass is 254 g/mol. The zero-order valence-corrected chi connectivity index (χ0v) is 10.7. The maximum atomic E-state index is 9.21. The number of aliphatic hydroxyl groups is 1. The molecule has 1 fully saturated rings. The molecule has 0 aliphatic carbocycles. The lowest BCUT2D eigenvalue weighted by Gasteiger charge is -2.32. The molecule has 1 aromatic carbocycles. The Balaban J connectivity index is 2.05. The van der Waals surface area contributed by atoms with Gasteiger partial charge < -0.3 is 10.8 Å². The Labute approximate surface area is 107 Å². The van der Waals surface area contributed by atoms with E-state index in [9.17, 15) is 5.11 Å². The molecular weight excluding hydrogens is 236 g/mol. The van der Waals surface area contributed by atoms with Gasteiger partial charge in [-0.25, -0.2) is 0 Å². The van der Waals surface area contributed by atoms with Gasteiger partial charge in [0.25, 0.3) is 0 Å². The lowest BCUT2D eigenvalue weighted by atomic mass is 9.98. The molecule has 3 nitrogen and oxygen atoms in total. The van der Waals surface area contributed by atoms with Crippen LogP contribution in [0.4, 0.5) is 5.69 Å². The van der Waals surface area contributed by atoms with Crippen molar-refractivity contribution in [2.45, 2.75) is 19.4 Å². The number of aliphatic hydroxyl groups excluding tert-OH is 1. The Kier molecular flexibility index (Phi) is 4.26. The van der Waals surface area contributed by atoms with Crippen molar-refractivity contribution in [3.63, 3.8) is 0 Å². The minimum atomic E-state index is 0.272. The maximum Gasteiger partial charge on any atom is 0.0471 e. The van der Waals surface area contributed by atoms with E-state index in [1.54, 1.807) is 0 Å². The lowest BCUT2D eigenvalue weighted by Crippen LogP contribution is -2.36. The first-order valence-corrected chi connectivity index (χ1v) is 6.44. The van der Waals surface area contributed by atoms with E-state index in [0.29, 0.717) is 5.92 Å². The number of nitrogens with zero attached hydrogens (tertiary/aromatic N) is 1. The summed E-state index contributed by atoms with van der Waals surface area (Å²) in [4.78, 5) is 2.32. The normalized spacial score (nSPS) is 21.6. The van der Waals surface area contributed by atoms with Crippen LogP contribution in [-0.4, -0.2) is 29.7 Å². The van der Waals surface area contributed by atoms with Crippen LogP contribution in [0.15, 0.2) is 18.2 Å². The molecule has 3 N–H and O–H groups in total. The van der Waals surface area contributed by atoms with Gasteiger partial charge in [-0.1, -0.05) is 17.7 Å². The predicted molar refractivity (Wildman–Crippen MR) is 71.0 cm³/mol. The van der Waals surface area contributed by atoms with Crippen LogP contribution < -0.4 is 5.73 Å². The molecule has 17 heavy (non-hydrogen) atoms. The highest BCUT2D eigenvalue weighted by atomic mass is 35.5. The number of halogens is 1. The summed E-state index contributed by atoms with van der Waals surface area (Å²) in [6.07, 6.45) is 2.25. The van der Waals surface area contributed by atoms with E-state index in [2.05, 4.69) is 4.90 Å². The van der Waals surface area contributed by atoms with Gasteiger partial charge in [-0.2, -0.15) is 0 Å². The van der Waals surface area contributed by atoms with Gasteiger partial charge in [0.2, 0.25) is 0 Å². The van der Waals surface area contributed by atoms with E-state index in [1.807, 2.05) is 18.2 Å². The number of rotatable bonds is 3. The molecule has 1 unspecified atom stereocenters. The Morgan fingerprint density at radius 3 is 3.00 bits per heavy atom. The molecule has 0 spiro atoms. The van der Waals surface area contributed by atoms with Crippen molar-refractivity contribution in [1.82, 2.24) is 4.90 Å². The molecule has 1 atom stereocenters. The van der Waals surface area contributed by atoms with Crippen LogP contribution in [0.2, 0.25) is 5.02 Å². The number of nitrogens with two attached hydrogens (primary N) is 1. The summed E-state index contributed by atoms with van der Waals surface area (Å²) < 4.78 is 0. The summed E-state index contributed by atoms with van der Waals surface area (Å²) in [5, 5.41) is 9.94. The second-order valence-corrected chi connectivity index (χ2v) is 5.14. The molecule has 1 saturated heterocycles. The third kappa shape index (κ3) is 3.12. The fourth-order valence-corrected chi connectivity index (χ4v) is 2.65. The van der Waals surface area contributed by atoms with E-state index in [0.717, 1.165) is 48.7 Å². The van der Waals surface area contributed by atoms with Gasteiger partial charge in [-0.05, 0) is 37.4 Å². The number of benzene rings is 1. The minimum Gasteiger partial charge on any atom is -0.398 e. The van der Waals surface area contributed by atoms with E-state index >= 15 is 0 Å². The van der Waals surface area contributed by atoms with Crippen molar-refractivity contribution < 1.29 is 5.11 Å². The number of hydrogen-bond acceptors (Lipinski definition) is 3. The highest BCUT2D eigenvalue weighted by molar-refractivity contribution is 6.31. The first-order chi connectivity index (χ1) is 8.20. The summed E-state index contributed by atoms with van der Waals surface area (Å²) in [6.45, 7) is 3.04. The number of nitrogen functional groups attached to an aromatic ring is 1. The van der Waals surface area contributed by atoms with E-state index in [1.165, 1.54) is 0 Å². The third-order valence-electron chi connectivity index (χ3n) is 3.40. The highest BCUT2D eigenvalue weighted by Crippen LogP contribution is 2.25. The van der Waals surface area contributed by atoms with E-state index < -0.39 is 0 Å². The Hall–Kier alpha value is -0.770. The molecule has 2 rings (SSSR count). The number of hydrogen-bond donors (Lipinski definition) is 2. The predicted octanol–water partition coefficient (Wildman–Crippen LogP) is 2.13. The molecule has 0 bridgehead atoms. The minimum absolute atomic E-state index is 0.272. The van der Waals surface area contributed by atoms with E-state index in [-0.39, 0.29) is 6.61 Å². The SMILES string of the molecule is Nc1cccc(Cl)c1CN1CCCC(CO)C1. The van der Waals surface area contributed by atoms with Gasteiger partial charge in [0, 0.05) is 36.0 Å². The molecule has 1 aliphatic rings. The van der Waals surface area contributed by atoms with Crippen LogP contribution in [0.5, 0.6) is 0 Å². The summed E-state index contributed by atoms with van der Waals surface area (Å²) in [5.74, 6) is 0.396. The summed E-state index contributed by atoms with van der Waals surface area (Å²) >= 11 is 6.16. The Morgan fingerprint density at radius 2 is 2.29 bits per heavy atom. The second-order valence-electron chi connectivity index (χ2n) is 4.73. The van der Waals surface area contributed by atoms with Gasteiger partial charge >= 0.3 is 0 Å². The summed E-state index contributed by atoms with van der Waals surface area (Å²) in [6, 6.07) is 5.63. The van der Waals surface area contributed by atoms with Gasteiger partial charge in [-0.3, -0.25) is 4.90 Å². The number of likely N-dealkylation sites (tertiary alicyclic amines) is 1. The summed E-state index contributed by atoms with van der Waals surface area (Å²) in [5.41, 5.74) is 7.71. The zero-order valence-electron chi connectivity index (χ0n) is 9.90. The molecule has 0 amide bonds. The van der Waals surface area contributed by atoms with Crippen LogP contribution in [0, 0.1) is 5.92 Å². The summed E-state index contributed by atoms with van der Waals surface area (Å²) in [7, 11) is 0. The van der Waals surface area contributed by atoms with Crippen LogP contribution in [-0.2, 0) is 6.54 Å². The van der Waals surface area contributed by atoms with Crippen LogP contribution >= 0.6 is 11.6 Å². The van der Waals surface area contributed by atoms with Gasteiger partial charge in [0.15, 0.2) is 0 Å². The molecule has 1 aromatic rings. The number of piperidine rings is 1. The van der Waals surface area contributed by atoms with Crippen LogP contribution in [0.1, 0.15) is 18.4 Å².